The third-order valence-electron chi connectivity index (χ3n) is 4.10. The van der Waals surface area contributed by atoms with Gasteiger partial charge >= 0.3 is 0 Å². The second-order valence-corrected chi connectivity index (χ2v) is 5.56. The van der Waals surface area contributed by atoms with Crippen LogP contribution in [-0.2, 0) is 0 Å². The van der Waals surface area contributed by atoms with Crippen LogP contribution in [0, 0.1) is 10.1 Å². The fraction of sp³-hybridized carbons (Fsp3) is 0.600. The van der Waals surface area contributed by atoms with Crippen molar-refractivity contribution in [3.8, 4) is 0 Å². The minimum atomic E-state index is -0.332. The number of non-ortho nitro benzene ring substituents is 1. The van der Waals surface area contributed by atoms with Crippen LogP contribution in [0.15, 0.2) is 18.2 Å². The van der Waals surface area contributed by atoms with E-state index in [0.29, 0.717) is 0 Å². The molecule has 1 fully saturated rings. The molecule has 2 rings (SSSR count). The highest BCUT2D eigenvalue weighted by molar-refractivity contribution is 5.64. The number of nitrogens with one attached hydrogen (secondary N) is 2. The van der Waals surface area contributed by atoms with Gasteiger partial charge in [0.25, 0.3) is 5.69 Å². The highest BCUT2D eigenvalue weighted by Gasteiger charge is 2.35. The number of anilines is 2. The molecule has 0 amide bonds. The Morgan fingerprint density at radius 2 is 1.95 bits per heavy atom. The smallest absolute Gasteiger partial charge is 0.273 e. The summed E-state index contributed by atoms with van der Waals surface area (Å²) in [6, 6.07) is 5.20. The molecule has 1 aromatic rings. The molecule has 0 radical (unpaired) electrons. The van der Waals surface area contributed by atoms with Crippen molar-refractivity contribution in [2.24, 2.45) is 0 Å². The predicted octanol–water partition coefficient (Wildman–Crippen LogP) is 4.16. The van der Waals surface area contributed by atoms with Gasteiger partial charge in [-0.05, 0) is 38.2 Å². The van der Waals surface area contributed by atoms with Gasteiger partial charge < -0.3 is 10.6 Å². The maximum Gasteiger partial charge on any atom is 0.273 e. The molecule has 0 heterocycles. The summed E-state index contributed by atoms with van der Waals surface area (Å²) in [7, 11) is 0. The average Bonchev–Trinajstić information content (AvgIpc) is 2.40. The molecule has 0 unspecified atom stereocenters. The van der Waals surface area contributed by atoms with Gasteiger partial charge in [-0.25, -0.2) is 0 Å². The van der Waals surface area contributed by atoms with Gasteiger partial charge in [0.05, 0.1) is 4.92 Å². The molecule has 0 spiro atoms. The SMILES string of the molecule is CCCNc1cc(NC2(CC)CCC2)cc([N+](=O)[O-])c1. The van der Waals surface area contributed by atoms with Crippen LogP contribution >= 0.6 is 0 Å². The highest BCUT2D eigenvalue weighted by atomic mass is 16.6. The Morgan fingerprint density at radius 3 is 2.45 bits per heavy atom. The lowest BCUT2D eigenvalue weighted by atomic mass is 9.74. The van der Waals surface area contributed by atoms with E-state index in [0.717, 1.165) is 43.6 Å². The summed E-state index contributed by atoms with van der Waals surface area (Å²) in [5.41, 5.74) is 1.93. The summed E-state index contributed by atoms with van der Waals surface area (Å²) in [6.07, 6.45) is 5.56. The van der Waals surface area contributed by atoms with Crippen molar-refractivity contribution in [1.29, 1.82) is 0 Å². The Morgan fingerprint density at radius 1 is 1.25 bits per heavy atom. The lowest BCUT2D eigenvalue weighted by molar-refractivity contribution is -0.384. The van der Waals surface area contributed by atoms with Gasteiger partial charge in [0.1, 0.15) is 0 Å². The van der Waals surface area contributed by atoms with Crippen LogP contribution in [0.3, 0.4) is 0 Å². The Labute approximate surface area is 119 Å². The third kappa shape index (κ3) is 3.21. The van der Waals surface area contributed by atoms with Gasteiger partial charge in [0.15, 0.2) is 0 Å². The van der Waals surface area contributed by atoms with Gasteiger partial charge in [-0.2, -0.15) is 0 Å². The molecule has 0 bridgehead atoms. The topological polar surface area (TPSA) is 67.2 Å². The lowest BCUT2D eigenvalue weighted by Gasteiger charge is -2.43. The Hall–Kier alpha value is -1.78. The van der Waals surface area contributed by atoms with Crippen molar-refractivity contribution in [2.75, 3.05) is 17.2 Å². The number of nitrogens with zero attached hydrogens (tertiary/aromatic N) is 1. The zero-order chi connectivity index (χ0) is 14.6. The zero-order valence-electron chi connectivity index (χ0n) is 12.2. The van der Waals surface area contributed by atoms with Crippen LogP contribution in [0.4, 0.5) is 17.1 Å². The van der Waals surface area contributed by atoms with E-state index in [1.54, 1.807) is 12.1 Å². The first kappa shape index (κ1) is 14.6. The molecule has 1 saturated carbocycles. The maximum absolute atomic E-state index is 11.0. The van der Waals surface area contributed by atoms with Crippen LogP contribution in [0.25, 0.3) is 0 Å². The molecule has 5 nitrogen and oxygen atoms in total. The Balaban J connectivity index is 2.22. The third-order valence-corrected chi connectivity index (χ3v) is 4.10. The first-order chi connectivity index (χ1) is 9.58. The Kier molecular flexibility index (Phi) is 4.47. The zero-order valence-corrected chi connectivity index (χ0v) is 12.2. The van der Waals surface area contributed by atoms with Crippen LogP contribution < -0.4 is 10.6 Å². The molecule has 1 aromatic carbocycles. The lowest BCUT2D eigenvalue weighted by Crippen LogP contribution is -2.44. The molecular formula is C15H23N3O2. The van der Waals surface area contributed by atoms with E-state index in [1.165, 1.54) is 6.42 Å². The molecule has 110 valence electrons. The molecule has 1 aliphatic rings. The first-order valence-electron chi connectivity index (χ1n) is 7.40. The Bertz CT molecular complexity index is 478. The van der Waals surface area contributed by atoms with Crippen LogP contribution in [0.1, 0.15) is 46.0 Å². The van der Waals surface area contributed by atoms with Crippen LogP contribution in [0.2, 0.25) is 0 Å². The molecule has 0 atom stereocenters. The number of nitro groups is 1. The first-order valence-corrected chi connectivity index (χ1v) is 7.40. The molecule has 0 aromatic heterocycles. The number of rotatable bonds is 7. The van der Waals surface area contributed by atoms with Gasteiger partial charge in [-0.1, -0.05) is 13.8 Å². The molecule has 20 heavy (non-hydrogen) atoms. The largest absolute Gasteiger partial charge is 0.385 e. The fourth-order valence-corrected chi connectivity index (χ4v) is 2.64. The number of nitro benzene ring substituents is 1. The van der Waals surface area contributed by atoms with Crippen molar-refractivity contribution < 1.29 is 4.92 Å². The summed E-state index contributed by atoms with van der Waals surface area (Å²) in [4.78, 5) is 10.7. The second kappa shape index (κ2) is 6.11. The van der Waals surface area contributed by atoms with Gasteiger partial charge in [-0.15, -0.1) is 0 Å². The normalized spacial score (nSPS) is 16.3. The van der Waals surface area contributed by atoms with Gasteiger partial charge in [0, 0.05) is 35.6 Å². The average molecular weight is 277 g/mol. The number of hydrogen-bond acceptors (Lipinski definition) is 4. The number of benzene rings is 1. The van der Waals surface area contributed by atoms with Crippen LogP contribution in [-0.4, -0.2) is 17.0 Å². The standard InChI is InChI=1S/C15H23N3O2/c1-3-8-16-12-9-13(11-14(10-12)18(19)20)17-15(4-2)6-5-7-15/h9-11,16-17H,3-8H2,1-2H3. The van der Waals surface area contributed by atoms with E-state index in [1.807, 2.05) is 6.07 Å². The number of hydrogen-bond donors (Lipinski definition) is 2. The summed E-state index contributed by atoms with van der Waals surface area (Å²) in [5, 5.41) is 17.8. The maximum atomic E-state index is 11.0. The summed E-state index contributed by atoms with van der Waals surface area (Å²) >= 11 is 0. The molecule has 0 aliphatic heterocycles. The van der Waals surface area contributed by atoms with Crippen molar-refractivity contribution in [2.45, 2.75) is 51.5 Å². The molecular weight excluding hydrogens is 254 g/mol. The summed E-state index contributed by atoms with van der Waals surface area (Å²) < 4.78 is 0. The molecule has 1 aliphatic carbocycles. The molecule has 5 heteroatoms. The quantitative estimate of drug-likeness (QED) is 0.580. The summed E-state index contributed by atoms with van der Waals surface area (Å²) in [6.45, 7) is 5.06. The van der Waals surface area contributed by atoms with Crippen molar-refractivity contribution in [1.82, 2.24) is 0 Å². The van der Waals surface area contributed by atoms with Crippen LogP contribution in [0.5, 0.6) is 0 Å². The van der Waals surface area contributed by atoms with Crippen molar-refractivity contribution in [3.05, 3.63) is 28.3 Å². The predicted molar refractivity (Wildman–Crippen MR) is 82.4 cm³/mol. The van der Waals surface area contributed by atoms with Gasteiger partial charge in [-0.3, -0.25) is 10.1 Å². The van der Waals surface area contributed by atoms with Crippen molar-refractivity contribution in [3.63, 3.8) is 0 Å². The van der Waals surface area contributed by atoms with Crippen molar-refractivity contribution >= 4 is 17.1 Å². The summed E-state index contributed by atoms with van der Waals surface area (Å²) in [5.74, 6) is 0. The molecule has 2 N–H and O–H groups in total. The second-order valence-electron chi connectivity index (χ2n) is 5.56. The van der Waals surface area contributed by atoms with E-state index >= 15 is 0 Å². The minimum Gasteiger partial charge on any atom is -0.385 e. The van der Waals surface area contributed by atoms with E-state index < -0.39 is 0 Å². The van der Waals surface area contributed by atoms with E-state index in [-0.39, 0.29) is 16.1 Å². The minimum absolute atomic E-state index is 0.136. The fourth-order valence-electron chi connectivity index (χ4n) is 2.64. The van der Waals surface area contributed by atoms with E-state index in [2.05, 4.69) is 24.5 Å². The highest BCUT2D eigenvalue weighted by Crippen LogP contribution is 2.39. The molecule has 0 saturated heterocycles. The van der Waals surface area contributed by atoms with E-state index in [4.69, 9.17) is 0 Å². The monoisotopic (exact) mass is 277 g/mol. The van der Waals surface area contributed by atoms with E-state index in [9.17, 15) is 10.1 Å². The van der Waals surface area contributed by atoms with Gasteiger partial charge in [0.2, 0.25) is 0 Å².